The largest absolute Gasteiger partial charge is 0.503 e. The minimum absolute atomic E-state index is 0.173. The molecule has 0 bridgehead atoms. The van der Waals surface area contributed by atoms with Crippen LogP contribution in [0.25, 0.3) is 0 Å². The van der Waals surface area contributed by atoms with E-state index < -0.39 is 17.4 Å². The first-order chi connectivity index (χ1) is 9.00. The molecule has 0 aliphatic carbocycles. The Labute approximate surface area is 111 Å². The maximum Gasteiger partial charge on any atom is 0.187 e. The predicted molar refractivity (Wildman–Crippen MR) is 67.9 cm³/mol. The second-order valence-electron chi connectivity index (χ2n) is 5.43. The lowest BCUT2D eigenvalue weighted by Gasteiger charge is -2.33. The molecule has 0 spiro atoms. The molecule has 3 nitrogen and oxygen atoms in total. The van der Waals surface area contributed by atoms with Crippen LogP contribution in [0.3, 0.4) is 0 Å². The number of hydrogen-bond acceptors (Lipinski definition) is 3. The molecule has 0 atom stereocenters. The maximum absolute atomic E-state index is 13.2. The monoisotopic (exact) mass is 271 g/mol. The molecule has 1 aromatic rings. The second kappa shape index (κ2) is 5.84. The standard InChI is InChI=1S/C14H19F2NO2/c1-14(2-4-19-5-3-14)9-17-8-10-6-11(15)13(18)12(16)7-10/h6-7,17-18H,2-5,8-9H2,1H3. The summed E-state index contributed by atoms with van der Waals surface area (Å²) in [6.45, 7) is 4.87. The van der Waals surface area contributed by atoms with Crippen LogP contribution in [0.15, 0.2) is 12.1 Å². The highest BCUT2D eigenvalue weighted by Crippen LogP contribution is 2.29. The van der Waals surface area contributed by atoms with Gasteiger partial charge in [-0.1, -0.05) is 6.92 Å². The number of phenols is 1. The molecule has 0 radical (unpaired) electrons. The molecule has 1 aliphatic rings. The summed E-state index contributed by atoms with van der Waals surface area (Å²) in [6.07, 6.45) is 1.97. The minimum Gasteiger partial charge on any atom is -0.503 e. The lowest BCUT2D eigenvalue weighted by molar-refractivity contribution is 0.0240. The van der Waals surface area contributed by atoms with E-state index in [0.29, 0.717) is 12.1 Å². The Morgan fingerprint density at radius 3 is 2.42 bits per heavy atom. The highest BCUT2D eigenvalue weighted by molar-refractivity contribution is 5.29. The van der Waals surface area contributed by atoms with E-state index >= 15 is 0 Å². The number of rotatable bonds is 4. The van der Waals surface area contributed by atoms with Crippen LogP contribution in [0.1, 0.15) is 25.3 Å². The van der Waals surface area contributed by atoms with Crippen molar-refractivity contribution in [2.75, 3.05) is 19.8 Å². The van der Waals surface area contributed by atoms with Gasteiger partial charge in [-0.25, -0.2) is 8.78 Å². The summed E-state index contributed by atoms with van der Waals surface area (Å²) < 4.78 is 31.6. The Balaban J connectivity index is 1.89. The van der Waals surface area contributed by atoms with Gasteiger partial charge in [0.05, 0.1) is 0 Å². The minimum atomic E-state index is -0.922. The van der Waals surface area contributed by atoms with E-state index in [-0.39, 0.29) is 5.41 Å². The molecular formula is C14H19F2NO2. The van der Waals surface area contributed by atoms with Crippen molar-refractivity contribution >= 4 is 0 Å². The van der Waals surface area contributed by atoms with Gasteiger partial charge in [-0.05, 0) is 36.0 Å². The van der Waals surface area contributed by atoms with Crippen LogP contribution in [0.5, 0.6) is 5.75 Å². The molecule has 1 saturated heterocycles. The lowest BCUT2D eigenvalue weighted by Crippen LogP contribution is -2.36. The normalized spacial score (nSPS) is 18.5. The van der Waals surface area contributed by atoms with Crippen LogP contribution in [-0.2, 0) is 11.3 Å². The molecule has 1 aliphatic heterocycles. The van der Waals surface area contributed by atoms with Gasteiger partial charge in [0.25, 0.3) is 0 Å². The van der Waals surface area contributed by atoms with Crippen molar-refractivity contribution in [1.29, 1.82) is 0 Å². The van der Waals surface area contributed by atoms with Crippen molar-refractivity contribution in [1.82, 2.24) is 5.32 Å². The van der Waals surface area contributed by atoms with Crippen LogP contribution < -0.4 is 5.32 Å². The van der Waals surface area contributed by atoms with Crippen LogP contribution in [0.2, 0.25) is 0 Å². The summed E-state index contributed by atoms with van der Waals surface area (Å²) >= 11 is 0. The molecule has 0 amide bonds. The zero-order valence-corrected chi connectivity index (χ0v) is 11.0. The summed E-state index contributed by atoms with van der Waals surface area (Å²) in [4.78, 5) is 0. The zero-order chi connectivity index (χ0) is 13.9. The number of aromatic hydroxyl groups is 1. The Morgan fingerprint density at radius 1 is 1.26 bits per heavy atom. The van der Waals surface area contributed by atoms with Gasteiger partial charge >= 0.3 is 0 Å². The van der Waals surface area contributed by atoms with Crippen LogP contribution in [0, 0.1) is 17.0 Å². The van der Waals surface area contributed by atoms with Crippen molar-refractivity contribution in [2.45, 2.75) is 26.3 Å². The highest BCUT2D eigenvalue weighted by Gasteiger charge is 2.26. The number of benzene rings is 1. The first-order valence-electron chi connectivity index (χ1n) is 6.45. The molecule has 0 aromatic heterocycles. The third-order valence-corrected chi connectivity index (χ3v) is 3.66. The molecule has 19 heavy (non-hydrogen) atoms. The fraction of sp³-hybridized carbons (Fsp3) is 0.571. The molecule has 106 valence electrons. The molecule has 1 heterocycles. The first-order valence-corrected chi connectivity index (χ1v) is 6.45. The van der Waals surface area contributed by atoms with Gasteiger partial charge in [-0.15, -0.1) is 0 Å². The number of halogens is 2. The van der Waals surface area contributed by atoms with Crippen LogP contribution >= 0.6 is 0 Å². The molecule has 2 N–H and O–H groups in total. The van der Waals surface area contributed by atoms with E-state index in [0.717, 1.165) is 44.7 Å². The summed E-state index contributed by atoms with van der Waals surface area (Å²) in [6, 6.07) is 2.30. The number of hydrogen-bond donors (Lipinski definition) is 2. The molecule has 5 heteroatoms. The van der Waals surface area contributed by atoms with Crippen molar-refractivity contribution in [2.24, 2.45) is 5.41 Å². The number of phenolic OH excluding ortho intramolecular Hbond substituents is 1. The van der Waals surface area contributed by atoms with Crippen molar-refractivity contribution in [3.05, 3.63) is 29.3 Å². The Morgan fingerprint density at radius 2 is 1.84 bits per heavy atom. The summed E-state index contributed by atoms with van der Waals surface area (Å²) in [5.41, 5.74) is 0.662. The summed E-state index contributed by atoms with van der Waals surface area (Å²) in [5.74, 6) is -2.76. The van der Waals surface area contributed by atoms with Gasteiger partial charge in [0.1, 0.15) is 0 Å². The van der Waals surface area contributed by atoms with Crippen LogP contribution in [-0.4, -0.2) is 24.9 Å². The molecule has 1 fully saturated rings. The van der Waals surface area contributed by atoms with E-state index in [1.165, 1.54) is 0 Å². The van der Waals surface area contributed by atoms with Gasteiger partial charge in [0.2, 0.25) is 0 Å². The summed E-state index contributed by atoms with van der Waals surface area (Å²) in [7, 11) is 0. The molecule has 1 aromatic carbocycles. The Hall–Kier alpha value is -1.20. The van der Waals surface area contributed by atoms with Gasteiger partial charge in [0.15, 0.2) is 17.4 Å². The maximum atomic E-state index is 13.2. The van der Waals surface area contributed by atoms with E-state index in [1.807, 2.05) is 0 Å². The summed E-state index contributed by atoms with van der Waals surface area (Å²) in [5, 5.41) is 12.2. The first kappa shape index (κ1) is 14.2. The third-order valence-electron chi connectivity index (χ3n) is 3.66. The van der Waals surface area contributed by atoms with Crippen LogP contribution in [0.4, 0.5) is 8.78 Å². The van der Waals surface area contributed by atoms with E-state index in [4.69, 9.17) is 9.84 Å². The molecular weight excluding hydrogens is 252 g/mol. The van der Waals surface area contributed by atoms with E-state index in [2.05, 4.69) is 12.2 Å². The Kier molecular flexibility index (Phi) is 4.37. The number of nitrogens with one attached hydrogen (secondary N) is 1. The molecule has 0 unspecified atom stereocenters. The Bertz CT molecular complexity index is 422. The zero-order valence-electron chi connectivity index (χ0n) is 11.0. The average molecular weight is 271 g/mol. The van der Waals surface area contributed by atoms with Gasteiger partial charge in [0, 0.05) is 26.3 Å². The fourth-order valence-corrected chi connectivity index (χ4v) is 2.27. The van der Waals surface area contributed by atoms with Crippen molar-refractivity contribution in [3.8, 4) is 5.75 Å². The predicted octanol–water partition coefficient (Wildman–Crippen LogP) is 2.58. The van der Waals surface area contributed by atoms with Crippen molar-refractivity contribution in [3.63, 3.8) is 0 Å². The van der Waals surface area contributed by atoms with Gasteiger partial charge < -0.3 is 15.2 Å². The SMILES string of the molecule is CC1(CNCc2cc(F)c(O)c(F)c2)CCOCC1. The molecule has 2 rings (SSSR count). The second-order valence-corrected chi connectivity index (χ2v) is 5.43. The van der Waals surface area contributed by atoms with E-state index in [1.54, 1.807) is 0 Å². The van der Waals surface area contributed by atoms with Gasteiger partial charge in [-0.3, -0.25) is 0 Å². The van der Waals surface area contributed by atoms with E-state index in [9.17, 15) is 8.78 Å². The smallest absolute Gasteiger partial charge is 0.187 e. The third kappa shape index (κ3) is 3.64. The highest BCUT2D eigenvalue weighted by atomic mass is 19.1. The molecule has 0 saturated carbocycles. The van der Waals surface area contributed by atoms with Gasteiger partial charge in [-0.2, -0.15) is 0 Å². The topological polar surface area (TPSA) is 41.5 Å². The fourth-order valence-electron chi connectivity index (χ4n) is 2.27. The lowest BCUT2D eigenvalue weighted by atomic mass is 9.82. The quantitative estimate of drug-likeness (QED) is 0.884. The average Bonchev–Trinajstić information content (AvgIpc) is 2.36. The van der Waals surface area contributed by atoms with Crippen molar-refractivity contribution < 1.29 is 18.6 Å². The number of ether oxygens (including phenoxy) is 1.